The van der Waals surface area contributed by atoms with Crippen LogP contribution in [-0.2, 0) is 4.79 Å². The SMILES string of the molecule is O=C(O)c1ccccc1N(C(=O)C1CCCCC1)c1ccccc1. The predicted molar refractivity (Wildman–Crippen MR) is 93.6 cm³/mol. The molecular weight excluding hydrogens is 302 g/mol. The minimum atomic E-state index is -1.03. The number of hydrogen-bond acceptors (Lipinski definition) is 2. The van der Waals surface area contributed by atoms with Crippen molar-refractivity contribution in [1.29, 1.82) is 0 Å². The maximum atomic E-state index is 13.2. The fourth-order valence-electron chi connectivity index (χ4n) is 3.34. The second-order valence-corrected chi connectivity index (χ2v) is 6.17. The molecule has 0 bridgehead atoms. The van der Waals surface area contributed by atoms with Gasteiger partial charge in [-0.2, -0.15) is 0 Å². The molecule has 0 aliphatic heterocycles. The Labute approximate surface area is 141 Å². The van der Waals surface area contributed by atoms with Gasteiger partial charge in [-0.25, -0.2) is 4.79 Å². The van der Waals surface area contributed by atoms with E-state index in [0.717, 1.165) is 25.7 Å². The van der Waals surface area contributed by atoms with Gasteiger partial charge in [0.1, 0.15) is 0 Å². The third-order valence-electron chi connectivity index (χ3n) is 4.56. The summed E-state index contributed by atoms with van der Waals surface area (Å²) >= 11 is 0. The highest BCUT2D eigenvalue weighted by Crippen LogP contribution is 2.34. The van der Waals surface area contributed by atoms with E-state index in [-0.39, 0.29) is 17.4 Å². The van der Waals surface area contributed by atoms with Gasteiger partial charge in [0, 0.05) is 11.6 Å². The molecule has 0 atom stereocenters. The summed E-state index contributed by atoms with van der Waals surface area (Å²) in [5.74, 6) is -1.07. The van der Waals surface area contributed by atoms with Crippen molar-refractivity contribution >= 4 is 23.3 Å². The van der Waals surface area contributed by atoms with Gasteiger partial charge in [-0.3, -0.25) is 9.69 Å². The number of nitrogens with zero attached hydrogens (tertiary/aromatic N) is 1. The molecule has 1 N–H and O–H groups in total. The number of rotatable bonds is 4. The second kappa shape index (κ2) is 7.30. The summed E-state index contributed by atoms with van der Waals surface area (Å²) in [6, 6.07) is 16.0. The van der Waals surface area contributed by atoms with E-state index in [2.05, 4.69) is 0 Å². The van der Waals surface area contributed by atoms with Gasteiger partial charge in [-0.15, -0.1) is 0 Å². The molecule has 1 fully saturated rings. The summed E-state index contributed by atoms with van der Waals surface area (Å²) in [5, 5.41) is 9.52. The van der Waals surface area contributed by atoms with Crippen molar-refractivity contribution in [3.63, 3.8) is 0 Å². The highest BCUT2D eigenvalue weighted by atomic mass is 16.4. The molecule has 1 aliphatic carbocycles. The van der Waals surface area contributed by atoms with E-state index in [9.17, 15) is 14.7 Å². The quantitative estimate of drug-likeness (QED) is 0.892. The average Bonchev–Trinajstić information content (AvgIpc) is 2.64. The molecule has 0 saturated heterocycles. The molecule has 0 radical (unpaired) electrons. The Morgan fingerprint density at radius 3 is 2.17 bits per heavy atom. The maximum Gasteiger partial charge on any atom is 0.337 e. The van der Waals surface area contributed by atoms with Gasteiger partial charge >= 0.3 is 5.97 Å². The van der Waals surface area contributed by atoms with Crippen molar-refractivity contribution in [2.24, 2.45) is 5.92 Å². The fraction of sp³-hybridized carbons (Fsp3) is 0.300. The largest absolute Gasteiger partial charge is 0.478 e. The standard InChI is InChI=1S/C20H21NO3/c22-19(15-9-3-1-4-10-15)21(16-11-5-2-6-12-16)18-14-8-7-13-17(18)20(23)24/h2,5-8,11-15H,1,3-4,9-10H2,(H,23,24). The third-order valence-corrected chi connectivity index (χ3v) is 4.56. The second-order valence-electron chi connectivity index (χ2n) is 6.17. The number of carboxylic acids is 1. The predicted octanol–water partition coefficient (Wildman–Crippen LogP) is 4.63. The molecular formula is C20H21NO3. The Morgan fingerprint density at radius 2 is 1.50 bits per heavy atom. The number of aromatic carboxylic acids is 1. The summed E-state index contributed by atoms with van der Waals surface area (Å²) in [4.78, 5) is 26.4. The normalized spacial score (nSPS) is 15.0. The molecule has 1 amide bonds. The van der Waals surface area contributed by atoms with Crippen LogP contribution in [0.4, 0.5) is 11.4 Å². The van der Waals surface area contributed by atoms with Crippen molar-refractivity contribution in [3.8, 4) is 0 Å². The number of carboxylic acid groups (broad SMARTS) is 1. The van der Waals surface area contributed by atoms with Gasteiger partial charge in [-0.1, -0.05) is 49.6 Å². The van der Waals surface area contributed by atoms with Crippen LogP contribution in [0, 0.1) is 5.92 Å². The number of carbonyl (C=O) groups is 2. The summed E-state index contributed by atoms with van der Waals surface area (Å²) in [6.07, 6.45) is 5.02. The zero-order chi connectivity index (χ0) is 16.9. The van der Waals surface area contributed by atoms with Crippen LogP contribution in [0.5, 0.6) is 0 Å². The molecule has 1 aliphatic rings. The van der Waals surface area contributed by atoms with Gasteiger partial charge in [0.25, 0.3) is 0 Å². The molecule has 4 heteroatoms. The van der Waals surface area contributed by atoms with Crippen LogP contribution in [0.25, 0.3) is 0 Å². The number of para-hydroxylation sites is 2. The minimum Gasteiger partial charge on any atom is -0.478 e. The molecule has 2 aromatic carbocycles. The van der Waals surface area contributed by atoms with E-state index in [1.165, 1.54) is 6.42 Å². The summed E-state index contributed by atoms with van der Waals surface area (Å²) in [7, 11) is 0. The minimum absolute atomic E-state index is 0.00500. The molecule has 1 saturated carbocycles. The van der Waals surface area contributed by atoms with Crippen LogP contribution in [0.1, 0.15) is 42.5 Å². The van der Waals surface area contributed by atoms with Crippen molar-refractivity contribution < 1.29 is 14.7 Å². The van der Waals surface area contributed by atoms with Crippen LogP contribution < -0.4 is 4.90 Å². The molecule has 3 rings (SSSR count). The van der Waals surface area contributed by atoms with Crippen LogP contribution in [-0.4, -0.2) is 17.0 Å². The fourth-order valence-corrected chi connectivity index (χ4v) is 3.34. The Morgan fingerprint density at radius 1 is 0.875 bits per heavy atom. The third kappa shape index (κ3) is 3.32. The first-order valence-electron chi connectivity index (χ1n) is 8.40. The lowest BCUT2D eigenvalue weighted by atomic mass is 9.88. The molecule has 124 valence electrons. The first kappa shape index (κ1) is 16.2. The molecule has 0 heterocycles. The summed E-state index contributed by atoms with van der Waals surface area (Å²) in [6.45, 7) is 0. The van der Waals surface area contributed by atoms with Gasteiger partial charge in [-0.05, 0) is 37.1 Å². The Hall–Kier alpha value is -2.62. The number of benzene rings is 2. The monoisotopic (exact) mass is 323 g/mol. The maximum absolute atomic E-state index is 13.2. The van der Waals surface area contributed by atoms with Gasteiger partial charge in [0.05, 0.1) is 11.3 Å². The van der Waals surface area contributed by atoms with Gasteiger partial charge in [0.2, 0.25) is 5.91 Å². The van der Waals surface area contributed by atoms with E-state index in [4.69, 9.17) is 0 Å². The van der Waals surface area contributed by atoms with Crippen LogP contribution in [0.2, 0.25) is 0 Å². The van der Waals surface area contributed by atoms with Gasteiger partial charge in [0.15, 0.2) is 0 Å². The van der Waals surface area contributed by atoms with Crippen molar-refractivity contribution in [2.45, 2.75) is 32.1 Å². The molecule has 0 aromatic heterocycles. The van der Waals surface area contributed by atoms with Crippen LogP contribution in [0.15, 0.2) is 54.6 Å². The zero-order valence-corrected chi connectivity index (χ0v) is 13.5. The lowest BCUT2D eigenvalue weighted by molar-refractivity contribution is -0.122. The number of carbonyl (C=O) groups excluding carboxylic acids is 1. The zero-order valence-electron chi connectivity index (χ0n) is 13.5. The number of amides is 1. The van der Waals surface area contributed by atoms with Gasteiger partial charge < -0.3 is 5.11 Å². The first-order chi connectivity index (χ1) is 11.7. The molecule has 24 heavy (non-hydrogen) atoms. The Bertz CT molecular complexity index is 721. The average molecular weight is 323 g/mol. The smallest absolute Gasteiger partial charge is 0.337 e. The lowest BCUT2D eigenvalue weighted by Crippen LogP contribution is -2.34. The molecule has 0 spiro atoms. The first-order valence-corrected chi connectivity index (χ1v) is 8.40. The lowest BCUT2D eigenvalue weighted by Gasteiger charge is -2.30. The Kier molecular flexibility index (Phi) is 4.94. The highest BCUT2D eigenvalue weighted by Gasteiger charge is 2.30. The number of hydrogen-bond donors (Lipinski definition) is 1. The van der Waals surface area contributed by atoms with E-state index in [0.29, 0.717) is 11.4 Å². The van der Waals surface area contributed by atoms with Crippen LogP contribution in [0.3, 0.4) is 0 Å². The molecule has 2 aromatic rings. The van der Waals surface area contributed by atoms with Crippen LogP contribution >= 0.6 is 0 Å². The Balaban J connectivity index is 2.06. The highest BCUT2D eigenvalue weighted by molar-refractivity contribution is 6.07. The van der Waals surface area contributed by atoms with Crippen molar-refractivity contribution in [1.82, 2.24) is 0 Å². The summed E-state index contributed by atoms with van der Waals surface area (Å²) < 4.78 is 0. The number of anilines is 2. The van der Waals surface area contributed by atoms with E-state index >= 15 is 0 Å². The van der Waals surface area contributed by atoms with Crippen molar-refractivity contribution in [2.75, 3.05) is 4.90 Å². The van der Waals surface area contributed by atoms with E-state index in [1.807, 2.05) is 30.3 Å². The van der Waals surface area contributed by atoms with Crippen molar-refractivity contribution in [3.05, 3.63) is 60.2 Å². The van der Waals surface area contributed by atoms with E-state index < -0.39 is 5.97 Å². The molecule has 4 nitrogen and oxygen atoms in total. The molecule has 0 unspecified atom stereocenters. The van der Waals surface area contributed by atoms with E-state index in [1.54, 1.807) is 29.2 Å². The summed E-state index contributed by atoms with van der Waals surface area (Å²) in [5.41, 5.74) is 1.29. The topological polar surface area (TPSA) is 57.6 Å².